The molecule has 1 aliphatic rings. The van der Waals surface area contributed by atoms with E-state index in [2.05, 4.69) is 21.5 Å². The molecule has 0 spiro atoms. The van der Waals surface area contributed by atoms with Crippen molar-refractivity contribution in [1.82, 2.24) is 15.0 Å². The number of carbonyl (C=O) groups is 1. The van der Waals surface area contributed by atoms with E-state index in [1.165, 1.54) is 0 Å². The fraction of sp³-hybridized carbons (Fsp3) is 0.269. The first kappa shape index (κ1) is 21.9. The number of rotatable bonds is 6. The second-order valence-electron chi connectivity index (χ2n) is 8.40. The topological polar surface area (TPSA) is 89.7 Å². The van der Waals surface area contributed by atoms with Gasteiger partial charge in [-0.1, -0.05) is 23.4 Å². The molecule has 0 aliphatic carbocycles. The number of pyridine rings is 1. The van der Waals surface area contributed by atoms with Crippen LogP contribution >= 0.6 is 0 Å². The Morgan fingerprint density at radius 1 is 1.15 bits per heavy atom. The molecule has 1 aliphatic heterocycles. The summed E-state index contributed by atoms with van der Waals surface area (Å²) in [5, 5.41) is 9.49. The van der Waals surface area contributed by atoms with Gasteiger partial charge in [0.1, 0.15) is 17.3 Å². The SMILES string of the molecule is COc1cc(C(=O)N2CC(OC)C2)ccc1Nc1cc2c(-c3c(C)noc3C)cccc2cn1. The predicted octanol–water partition coefficient (Wildman–Crippen LogP) is 4.73. The first-order valence-electron chi connectivity index (χ1n) is 11.1. The summed E-state index contributed by atoms with van der Waals surface area (Å²) in [7, 11) is 3.25. The van der Waals surface area contributed by atoms with E-state index >= 15 is 0 Å². The number of ether oxygens (including phenoxy) is 2. The third kappa shape index (κ3) is 3.86. The Kier molecular flexibility index (Phi) is 5.67. The fourth-order valence-electron chi connectivity index (χ4n) is 4.32. The molecule has 0 saturated carbocycles. The lowest BCUT2D eigenvalue weighted by Crippen LogP contribution is -2.54. The molecule has 1 saturated heterocycles. The predicted molar refractivity (Wildman–Crippen MR) is 130 cm³/mol. The van der Waals surface area contributed by atoms with Crippen LogP contribution in [0.15, 0.2) is 53.2 Å². The fourth-order valence-corrected chi connectivity index (χ4v) is 4.32. The van der Waals surface area contributed by atoms with Crippen LogP contribution in [0.25, 0.3) is 21.9 Å². The van der Waals surface area contributed by atoms with Gasteiger partial charge >= 0.3 is 0 Å². The molecule has 2 aromatic carbocycles. The Balaban J connectivity index is 1.45. The highest BCUT2D eigenvalue weighted by Gasteiger charge is 2.31. The lowest BCUT2D eigenvalue weighted by Gasteiger charge is -2.38. The van der Waals surface area contributed by atoms with Gasteiger partial charge in [0.15, 0.2) is 0 Å². The summed E-state index contributed by atoms with van der Waals surface area (Å²) in [5.41, 5.74) is 4.17. The molecular weight excluding hydrogens is 432 g/mol. The van der Waals surface area contributed by atoms with Gasteiger partial charge in [-0.15, -0.1) is 0 Å². The van der Waals surface area contributed by atoms with Gasteiger partial charge in [-0.3, -0.25) is 4.79 Å². The molecule has 1 fully saturated rings. The molecule has 34 heavy (non-hydrogen) atoms. The number of nitrogens with zero attached hydrogens (tertiary/aromatic N) is 3. The van der Waals surface area contributed by atoms with Gasteiger partial charge in [-0.25, -0.2) is 4.98 Å². The van der Waals surface area contributed by atoms with Gasteiger partial charge in [0.05, 0.1) is 24.6 Å². The summed E-state index contributed by atoms with van der Waals surface area (Å²) in [6.07, 6.45) is 1.95. The van der Waals surface area contributed by atoms with E-state index in [-0.39, 0.29) is 12.0 Å². The van der Waals surface area contributed by atoms with Crippen molar-refractivity contribution in [1.29, 1.82) is 0 Å². The maximum atomic E-state index is 12.7. The molecule has 3 heterocycles. The van der Waals surface area contributed by atoms with Gasteiger partial charge in [-0.05, 0) is 49.1 Å². The summed E-state index contributed by atoms with van der Waals surface area (Å²) >= 11 is 0. The Morgan fingerprint density at radius 3 is 2.68 bits per heavy atom. The number of anilines is 2. The molecule has 4 aromatic rings. The number of amides is 1. The van der Waals surface area contributed by atoms with E-state index in [0.29, 0.717) is 30.2 Å². The number of aromatic nitrogens is 2. The van der Waals surface area contributed by atoms with Crippen LogP contribution in [0.5, 0.6) is 5.75 Å². The molecule has 0 bridgehead atoms. The Bertz CT molecular complexity index is 1360. The summed E-state index contributed by atoms with van der Waals surface area (Å²) < 4.78 is 16.2. The highest BCUT2D eigenvalue weighted by Crippen LogP contribution is 2.35. The minimum Gasteiger partial charge on any atom is -0.495 e. The number of carbonyl (C=O) groups excluding carboxylic acids is 1. The molecule has 1 amide bonds. The summed E-state index contributed by atoms with van der Waals surface area (Å²) in [6, 6.07) is 13.5. The number of nitrogens with one attached hydrogen (secondary N) is 1. The minimum atomic E-state index is -0.0360. The smallest absolute Gasteiger partial charge is 0.254 e. The van der Waals surface area contributed by atoms with Gasteiger partial charge in [-0.2, -0.15) is 0 Å². The van der Waals surface area contributed by atoms with Gasteiger partial charge in [0.2, 0.25) is 0 Å². The molecule has 8 heteroatoms. The molecule has 8 nitrogen and oxygen atoms in total. The largest absolute Gasteiger partial charge is 0.495 e. The van der Waals surface area contributed by atoms with Crippen molar-refractivity contribution in [3.8, 4) is 16.9 Å². The zero-order valence-electron chi connectivity index (χ0n) is 19.6. The van der Waals surface area contributed by atoms with Gasteiger partial charge in [0.25, 0.3) is 5.91 Å². The number of fused-ring (bicyclic) bond motifs is 1. The van der Waals surface area contributed by atoms with Crippen molar-refractivity contribution in [3.63, 3.8) is 0 Å². The Labute approximate surface area is 197 Å². The molecule has 0 atom stereocenters. The number of methoxy groups -OCH3 is 2. The molecular formula is C26H26N4O4. The lowest BCUT2D eigenvalue weighted by atomic mass is 9.98. The average molecular weight is 459 g/mol. The van der Waals surface area contributed by atoms with E-state index in [4.69, 9.17) is 14.0 Å². The highest BCUT2D eigenvalue weighted by molar-refractivity contribution is 5.99. The second kappa shape index (κ2) is 8.79. The highest BCUT2D eigenvalue weighted by atomic mass is 16.5. The first-order valence-corrected chi connectivity index (χ1v) is 11.1. The van der Waals surface area contributed by atoms with Crippen LogP contribution in [0.1, 0.15) is 21.8 Å². The molecule has 1 N–H and O–H groups in total. The molecule has 0 radical (unpaired) electrons. The van der Waals surface area contributed by atoms with Crippen LogP contribution in [0.4, 0.5) is 11.5 Å². The van der Waals surface area contributed by atoms with E-state index in [9.17, 15) is 4.79 Å². The van der Waals surface area contributed by atoms with Crippen molar-refractivity contribution in [2.45, 2.75) is 20.0 Å². The average Bonchev–Trinajstić information content (AvgIpc) is 3.15. The van der Waals surface area contributed by atoms with Gasteiger partial charge in [0, 0.05) is 42.9 Å². The number of benzene rings is 2. The first-order chi connectivity index (χ1) is 16.5. The Morgan fingerprint density at radius 2 is 1.97 bits per heavy atom. The van der Waals surface area contributed by atoms with Crippen LogP contribution in [0.2, 0.25) is 0 Å². The summed E-state index contributed by atoms with van der Waals surface area (Å²) in [6.45, 7) is 5.06. The second-order valence-corrected chi connectivity index (χ2v) is 8.40. The zero-order chi connectivity index (χ0) is 23.8. The number of hydrogen-bond acceptors (Lipinski definition) is 7. The van der Waals surface area contributed by atoms with E-state index in [1.807, 2.05) is 44.3 Å². The van der Waals surface area contributed by atoms with Crippen LogP contribution in [0.3, 0.4) is 0 Å². The maximum absolute atomic E-state index is 12.7. The third-order valence-electron chi connectivity index (χ3n) is 6.25. The van der Waals surface area contributed by atoms with E-state index < -0.39 is 0 Å². The van der Waals surface area contributed by atoms with Crippen LogP contribution in [-0.2, 0) is 4.74 Å². The zero-order valence-corrected chi connectivity index (χ0v) is 19.6. The summed E-state index contributed by atoms with van der Waals surface area (Å²) in [5.74, 6) is 1.97. The third-order valence-corrected chi connectivity index (χ3v) is 6.25. The standard InChI is InChI=1S/C26H26N4O4/c1-15-25(16(2)34-29-15)20-7-5-6-18-12-27-24(11-21(18)20)28-22-9-8-17(10-23(22)33-4)26(31)30-13-19(14-30)32-3/h5-12,19H,13-14H2,1-4H3,(H,27,28). The van der Waals surface area contributed by atoms with E-state index in [0.717, 1.165) is 39.0 Å². The van der Waals surface area contributed by atoms with Crippen molar-refractivity contribution >= 4 is 28.2 Å². The lowest BCUT2D eigenvalue weighted by molar-refractivity contribution is -0.0192. The normalized spacial score (nSPS) is 13.7. The quantitative estimate of drug-likeness (QED) is 0.447. The monoisotopic (exact) mass is 458 g/mol. The number of hydrogen-bond donors (Lipinski definition) is 1. The molecule has 0 unspecified atom stereocenters. The van der Waals surface area contributed by atoms with Crippen molar-refractivity contribution < 1.29 is 18.8 Å². The van der Waals surface area contributed by atoms with Gasteiger partial charge < -0.3 is 24.2 Å². The molecule has 5 rings (SSSR count). The molecule has 2 aromatic heterocycles. The number of aryl methyl sites for hydroxylation is 2. The molecule has 174 valence electrons. The summed E-state index contributed by atoms with van der Waals surface area (Å²) in [4.78, 5) is 19.1. The van der Waals surface area contributed by atoms with Crippen LogP contribution < -0.4 is 10.1 Å². The van der Waals surface area contributed by atoms with Crippen molar-refractivity contribution in [3.05, 3.63) is 65.7 Å². The Hall–Kier alpha value is -3.91. The van der Waals surface area contributed by atoms with E-state index in [1.54, 1.807) is 31.3 Å². The maximum Gasteiger partial charge on any atom is 0.254 e. The van der Waals surface area contributed by atoms with Crippen molar-refractivity contribution in [2.24, 2.45) is 0 Å². The van der Waals surface area contributed by atoms with Crippen LogP contribution in [-0.4, -0.2) is 54.4 Å². The van der Waals surface area contributed by atoms with Crippen LogP contribution in [0, 0.1) is 13.8 Å². The van der Waals surface area contributed by atoms with Crippen molar-refractivity contribution in [2.75, 3.05) is 32.6 Å². The number of likely N-dealkylation sites (tertiary alicyclic amines) is 1. The minimum absolute atomic E-state index is 0.0360.